The van der Waals surface area contributed by atoms with Crippen molar-refractivity contribution in [3.63, 3.8) is 0 Å². The van der Waals surface area contributed by atoms with Crippen LogP contribution >= 0.6 is 12.4 Å². The van der Waals surface area contributed by atoms with Crippen molar-refractivity contribution in [1.29, 1.82) is 0 Å². The Kier molecular flexibility index (Phi) is 5.68. The second-order valence-corrected chi connectivity index (χ2v) is 5.54. The normalized spacial score (nSPS) is 28.1. The Labute approximate surface area is 111 Å². The van der Waals surface area contributed by atoms with E-state index in [4.69, 9.17) is 0 Å². The van der Waals surface area contributed by atoms with Gasteiger partial charge < -0.3 is 4.90 Å². The molecular formula is C14H24ClNO. The minimum Gasteiger partial charge on any atom is -0.303 e. The lowest BCUT2D eigenvalue weighted by Crippen LogP contribution is -2.28. The summed E-state index contributed by atoms with van der Waals surface area (Å²) >= 11 is 0. The molecule has 0 radical (unpaired) electrons. The Morgan fingerprint density at radius 2 is 2.00 bits per heavy atom. The largest absolute Gasteiger partial charge is 0.303 e. The highest BCUT2D eigenvalue weighted by Gasteiger charge is 2.31. The standard InChI is InChI=1S/C14H23NO.ClH/c1-11(2)9-12-5-6-13(14(12)16)10-15-7-3-4-8-15;/h9,11,13H,3-8,10H2,1-2H3;1H/b12-9-;. The van der Waals surface area contributed by atoms with E-state index in [1.165, 1.54) is 25.9 Å². The van der Waals surface area contributed by atoms with Crippen molar-refractivity contribution < 1.29 is 4.79 Å². The summed E-state index contributed by atoms with van der Waals surface area (Å²) in [4.78, 5) is 14.6. The number of hydrogen-bond acceptors (Lipinski definition) is 2. The third-order valence-electron chi connectivity index (χ3n) is 3.66. The summed E-state index contributed by atoms with van der Waals surface area (Å²) in [5.41, 5.74) is 1.10. The minimum atomic E-state index is 0. The van der Waals surface area contributed by atoms with E-state index in [0.29, 0.717) is 17.6 Å². The molecule has 0 spiro atoms. The molecule has 0 N–H and O–H groups in total. The maximum atomic E-state index is 12.1. The maximum Gasteiger partial charge on any atom is 0.162 e. The van der Waals surface area contributed by atoms with Gasteiger partial charge in [-0.1, -0.05) is 19.9 Å². The van der Waals surface area contributed by atoms with Crippen LogP contribution in [0.4, 0.5) is 0 Å². The smallest absolute Gasteiger partial charge is 0.162 e. The van der Waals surface area contributed by atoms with Crippen LogP contribution in [-0.2, 0) is 4.79 Å². The third kappa shape index (κ3) is 3.82. The summed E-state index contributed by atoms with van der Waals surface area (Å²) in [6.45, 7) is 7.70. The average Bonchev–Trinajstić information content (AvgIpc) is 2.82. The number of ketones is 1. The second kappa shape index (κ2) is 6.55. The van der Waals surface area contributed by atoms with Gasteiger partial charge in [-0.15, -0.1) is 12.4 Å². The number of carbonyl (C=O) groups is 1. The van der Waals surface area contributed by atoms with Crippen LogP contribution in [0, 0.1) is 11.8 Å². The summed E-state index contributed by atoms with van der Waals surface area (Å²) in [5.74, 6) is 1.23. The molecule has 2 aliphatic rings. The van der Waals surface area contributed by atoms with Crippen molar-refractivity contribution in [2.24, 2.45) is 11.8 Å². The Balaban J connectivity index is 0.00000144. The summed E-state index contributed by atoms with van der Waals surface area (Å²) in [6, 6.07) is 0. The van der Waals surface area contributed by atoms with Crippen molar-refractivity contribution in [3.8, 4) is 0 Å². The van der Waals surface area contributed by atoms with Crippen LogP contribution < -0.4 is 0 Å². The highest BCUT2D eigenvalue weighted by atomic mass is 35.5. The number of carbonyl (C=O) groups excluding carboxylic acids is 1. The van der Waals surface area contributed by atoms with E-state index >= 15 is 0 Å². The Morgan fingerprint density at radius 1 is 1.35 bits per heavy atom. The van der Waals surface area contributed by atoms with E-state index in [1.54, 1.807) is 0 Å². The third-order valence-corrected chi connectivity index (χ3v) is 3.66. The van der Waals surface area contributed by atoms with E-state index in [-0.39, 0.29) is 12.4 Å². The highest BCUT2D eigenvalue weighted by Crippen LogP contribution is 2.29. The van der Waals surface area contributed by atoms with Crippen LogP contribution in [0.5, 0.6) is 0 Å². The fourth-order valence-corrected chi connectivity index (χ4v) is 2.87. The first-order valence-electron chi connectivity index (χ1n) is 6.64. The van der Waals surface area contributed by atoms with Gasteiger partial charge in [0, 0.05) is 12.5 Å². The zero-order valence-corrected chi connectivity index (χ0v) is 11.8. The quantitative estimate of drug-likeness (QED) is 0.725. The highest BCUT2D eigenvalue weighted by molar-refractivity contribution is 5.99. The van der Waals surface area contributed by atoms with E-state index in [2.05, 4.69) is 24.8 Å². The molecule has 1 unspecified atom stereocenters. The summed E-state index contributed by atoms with van der Waals surface area (Å²) in [6.07, 6.45) is 6.88. The number of allylic oxidation sites excluding steroid dienone is 2. The molecule has 98 valence electrons. The van der Waals surface area contributed by atoms with Crippen molar-refractivity contribution in [1.82, 2.24) is 4.90 Å². The number of hydrogen-bond donors (Lipinski definition) is 0. The monoisotopic (exact) mass is 257 g/mol. The lowest BCUT2D eigenvalue weighted by atomic mass is 10.0. The molecule has 0 amide bonds. The number of Topliss-reactive ketones (excluding diaryl/α,β-unsaturated/α-hetero) is 1. The average molecular weight is 258 g/mol. The molecule has 2 nitrogen and oxygen atoms in total. The first-order valence-corrected chi connectivity index (χ1v) is 6.64. The van der Waals surface area contributed by atoms with Gasteiger partial charge in [0.15, 0.2) is 5.78 Å². The van der Waals surface area contributed by atoms with Gasteiger partial charge >= 0.3 is 0 Å². The van der Waals surface area contributed by atoms with Gasteiger partial charge in [-0.2, -0.15) is 0 Å². The first kappa shape index (κ1) is 14.7. The van der Waals surface area contributed by atoms with Crippen molar-refractivity contribution in [3.05, 3.63) is 11.6 Å². The molecule has 17 heavy (non-hydrogen) atoms. The molecule has 1 saturated carbocycles. The molecule has 0 bridgehead atoms. The minimum absolute atomic E-state index is 0. The molecule has 1 heterocycles. The maximum absolute atomic E-state index is 12.1. The molecule has 0 aromatic rings. The zero-order valence-electron chi connectivity index (χ0n) is 10.9. The Bertz CT molecular complexity index is 293. The molecule has 1 saturated heterocycles. The van der Waals surface area contributed by atoms with Crippen molar-refractivity contribution in [2.75, 3.05) is 19.6 Å². The molecule has 0 aromatic heterocycles. The van der Waals surface area contributed by atoms with Crippen LogP contribution in [0.2, 0.25) is 0 Å². The topological polar surface area (TPSA) is 20.3 Å². The Hall–Kier alpha value is -0.340. The number of halogens is 1. The van der Waals surface area contributed by atoms with E-state index in [9.17, 15) is 4.79 Å². The van der Waals surface area contributed by atoms with Gasteiger partial charge in [-0.25, -0.2) is 0 Å². The molecule has 2 rings (SSSR count). The first-order chi connectivity index (χ1) is 7.66. The fourth-order valence-electron chi connectivity index (χ4n) is 2.87. The molecular weight excluding hydrogens is 234 g/mol. The van der Waals surface area contributed by atoms with Crippen LogP contribution in [0.25, 0.3) is 0 Å². The summed E-state index contributed by atoms with van der Waals surface area (Å²) in [5, 5.41) is 0. The second-order valence-electron chi connectivity index (χ2n) is 5.54. The molecule has 2 fully saturated rings. The van der Waals surface area contributed by atoms with Crippen LogP contribution in [-0.4, -0.2) is 30.3 Å². The van der Waals surface area contributed by atoms with E-state index < -0.39 is 0 Å². The zero-order chi connectivity index (χ0) is 11.5. The van der Waals surface area contributed by atoms with Crippen molar-refractivity contribution >= 4 is 18.2 Å². The molecule has 1 atom stereocenters. The molecule has 3 heteroatoms. The SMILES string of the molecule is CC(C)/C=C1/CCC(CN2CCCC2)C1=O.Cl. The van der Waals surface area contributed by atoms with Crippen molar-refractivity contribution in [2.45, 2.75) is 39.5 Å². The summed E-state index contributed by atoms with van der Waals surface area (Å²) < 4.78 is 0. The van der Waals surface area contributed by atoms with Gasteiger partial charge in [0.1, 0.15) is 0 Å². The van der Waals surface area contributed by atoms with E-state index in [0.717, 1.165) is 25.0 Å². The van der Waals surface area contributed by atoms with Crippen LogP contribution in [0.1, 0.15) is 39.5 Å². The van der Waals surface area contributed by atoms with Gasteiger partial charge in [0.25, 0.3) is 0 Å². The van der Waals surface area contributed by atoms with Gasteiger partial charge in [0.2, 0.25) is 0 Å². The number of likely N-dealkylation sites (tertiary alicyclic amines) is 1. The Morgan fingerprint density at radius 3 is 2.59 bits per heavy atom. The van der Waals surface area contributed by atoms with Gasteiger partial charge in [0.05, 0.1) is 0 Å². The lowest BCUT2D eigenvalue weighted by molar-refractivity contribution is -0.118. The van der Waals surface area contributed by atoms with Crippen LogP contribution in [0.3, 0.4) is 0 Å². The van der Waals surface area contributed by atoms with E-state index in [1.807, 2.05) is 0 Å². The van der Waals surface area contributed by atoms with Crippen LogP contribution in [0.15, 0.2) is 11.6 Å². The summed E-state index contributed by atoms with van der Waals surface area (Å²) in [7, 11) is 0. The molecule has 0 aromatic carbocycles. The lowest BCUT2D eigenvalue weighted by Gasteiger charge is -2.18. The van der Waals surface area contributed by atoms with Gasteiger partial charge in [-0.3, -0.25) is 4.79 Å². The number of rotatable bonds is 3. The predicted molar refractivity (Wildman–Crippen MR) is 73.6 cm³/mol. The molecule has 1 aliphatic heterocycles. The molecule has 1 aliphatic carbocycles. The fraction of sp³-hybridized carbons (Fsp3) is 0.786. The number of nitrogens with zero attached hydrogens (tertiary/aromatic N) is 1. The van der Waals surface area contributed by atoms with Gasteiger partial charge in [-0.05, 0) is 50.3 Å². The predicted octanol–water partition coefficient (Wildman–Crippen LogP) is 3.07.